The largest absolute Gasteiger partial charge is 0.492 e. The van der Waals surface area contributed by atoms with Crippen molar-refractivity contribution in [2.45, 2.75) is 19.1 Å². The summed E-state index contributed by atoms with van der Waals surface area (Å²) in [4.78, 5) is 13.4. The van der Waals surface area contributed by atoms with Gasteiger partial charge in [-0.05, 0) is 35.9 Å². The lowest BCUT2D eigenvalue weighted by molar-refractivity contribution is -0.148. The molecule has 0 spiro atoms. The molecule has 1 N–H and O–H groups in total. The van der Waals surface area contributed by atoms with Gasteiger partial charge in [-0.25, -0.2) is 4.79 Å². The average Bonchev–Trinajstić information content (AvgIpc) is 2.95. The predicted octanol–water partition coefficient (Wildman–Crippen LogP) is 4.44. The summed E-state index contributed by atoms with van der Waals surface area (Å²) < 4.78 is 17.0. The zero-order chi connectivity index (χ0) is 21.6. The fraction of sp³-hybridized carbons (Fsp3) is 0.240. The van der Waals surface area contributed by atoms with Gasteiger partial charge in [-0.3, -0.25) is 0 Å². The van der Waals surface area contributed by atoms with Crippen LogP contribution in [0, 0.1) is 0 Å². The van der Waals surface area contributed by atoms with Gasteiger partial charge in [0.05, 0.1) is 12.2 Å². The molecule has 0 amide bonds. The third-order valence-corrected chi connectivity index (χ3v) is 5.31. The maximum atomic E-state index is 11.1. The van der Waals surface area contributed by atoms with Gasteiger partial charge in [-0.15, -0.1) is 0 Å². The molecule has 160 valence electrons. The number of para-hydroxylation sites is 3. The number of carbonyl (C=O) groups is 1. The topological polar surface area (TPSA) is 68.2 Å². The van der Waals surface area contributed by atoms with E-state index in [0.29, 0.717) is 26.2 Å². The van der Waals surface area contributed by atoms with Gasteiger partial charge in [-0.2, -0.15) is 0 Å². The summed E-state index contributed by atoms with van der Waals surface area (Å²) in [5.74, 6) is 0.625. The van der Waals surface area contributed by atoms with Crippen LogP contribution < -0.4 is 14.4 Å². The Morgan fingerprint density at radius 3 is 2.48 bits per heavy atom. The summed E-state index contributed by atoms with van der Waals surface area (Å²) in [6.07, 6.45) is -0.537. The van der Waals surface area contributed by atoms with Gasteiger partial charge in [0.25, 0.3) is 0 Å². The number of carboxylic acids is 1. The van der Waals surface area contributed by atoms with Crippen molar-refractivity contribution in [3.63, 3.8) is 0 Å². The molecular weight excluding hydrogens is 394 g/mol. The summed E-state index contributed by atoms with van der Waals surface area (Å²) >= 11 is 0. The molecular formula is C25H25NO5. The number of hydrogen-bond donors (Lipinski definition) is 1. The van der Waals surface area contributed by atoms with Gasteiger partial charge in [0.1, 0.15) is 24.7 Å². The van der Waals surface area contributed by atoms with Crippen molar-refractivity contribution in [1.82, 2.24) is 0 Å². The molecule has 1 atom stereocenters. The van der Waals surface area contributed by atoms with E-state index in [-0.39, 0.29) is 0 Å². The van der Waals surface area contributed by atoms with Crippen molar-refractivity contribution >= 4 is 17.3 Å². The molecule has 1 aliphatic heterocycles. The SMILES string of the molecule is COC(Cc1ccc(OCCN2c3ccccc3COc3ccccc32)cc1)C(=O)O. The molecule has 3 aromatic rings. The van der Waals surface area contributed by atoms with Crippen LogP contribution in [0.2, 0.25) is 0 Å². The maximum Gasteiger partial charge on any atom is 0.333 e. The number of methoxy groups -OCH3 is 1. The van der Waals surface area contributed by atoms with Crippen LogP contribution in [0.4, 0.5) is 11.4 Å². The number of aliphatic carboxylic acids is 1. The van der Waals surface area contributed by atoms with Gasteiger partial charge in [0.2, 0.25) is 0 Å². The first-order valence-electron chi connectivity index (χ1n) is 10.2. The molecule has 31 heavy (non-hydrogen) atoms. The van der Waals surface area contributed by atoms with Crippen LogP contribution in [0.5, 0.6) is 11.5 Å². The van der Waals surface area contributed by atoms with E-state index in [9.17, 15) is 4.79 Å². The second-order valence-corrected chi connectivity index (χ2v) is 7.30. The summed E-state index contributed by atoms with van der Waals surface area (Å²) in [5, 5.41) is 9.13. The molecule has 0 aromatic heterocycles. The number of ether oxygens (including phenoxy) is 3. The maximum absolute atomic E-state index is 11.1. The van der Waals surface area contributed by atoms with Crippen LogP contribution in [0.25, 0.3) is 0 Å². The second-order valence-electron chi connectivity index (χ2n) is 7.30. The Hall–Kier alpha value is -3.51. The minimum atomic E-state index is -0.968. The lowest BCUT2D eigenvalue weighted by atomic mass is 10.1. The highest BCUT2D eigenvalue weighted by Crippen LogP contribution is 2.38. The Morgan fingerprint density at radius 2 is 1.74 bits per heavy atom. The summed E-state index contributed by atoms with van der Waals surface area (Å²) in [7, 11) is 1.40. The van der Waals surface area contributed by atoms with Crippen LogP contribution in [-0.4, -0.2) is 37.4 Å². The van der Waals surface area contributed by atoms with Crippen molar-refractivity contribution in [3.05, 3.63) is 83.9 Å². The zero-order valence-electron chi connectivity index (χ0n) is 17.4. The van der Waals surface area contributed by atoms with E-state index in [1.807, 2.05) is 54.6 Å². The van der Waals surface area contributed by atoms with E-state index < -0.39 is 12.1 Å². The number of carboxylic acid groups (broad SMARTS) is 1. The van der Waals surface area contributed by atoms with Crippen molar-refractivity contribution < 1.29 is 24.1 Å². The Balaban J connectivity index is 1.43. The van der Waals surface area contributed by atoms with E-state index in [4.69, 9.17) is 19.3 Å². The first-order valence-corrected chi connectivity index (χ1v) is 10.2. The fourth-order valence-electron chi connectivity index (χ4n) is 3.69. The molecule has 3 aromatic carbocycles. The first kappa shape index (κ1) is 20.8. The lowest BCUT2D eigenvalue weighted by Gasteiger charge is -2.25. The van der Waals surface area contributed by atoms with Gasteiger partial charge < -0.3 is 24.2 Å². The third-order valence-electron chi connectivity index (χ3n) is 5.31. The van der Waals surface area contributed by atoms with Crippen LogP contribution in [0.15, 0.2) is 72.8 Å². The molecule has 6 heteroatoms. The molecule has 0 saturated carbocycles. The van der Waals surface area contributed by atoms with Gasteiger partial charge in [0.15, 0.2) is 6.10 Å². The molecule has 0 radical (unpaired) electrons. The van der Waals surface area contributed by atoms with E-state index >= 15 is 0 Å². The van der Waals surface area contributed by atoms with E-state index in [1.54, 1.807) is 0 Å². The van der Waals surface area contributed by atoms with E-state index in [2.05, 4.69) is 23.1 Å². The van der Waals surface area contributed by atoms with Crippen molar-refractivity contribution in [3.8, 4) is 11.5 Å². The molecule has 1 unspecified atom stereocenters. The van der Waals surface area contributed by atoms with Gasteiger partial charge >= 0.3 is 5.97 Å². The van der Waals surface area contributed by atoms with Gasteiger partial charge in [0, 0.05) is 24.8 Å². The van der Waals surface area contributed by atoms with Crippen LogP contribution in [-0.2, 0) is 22.6 Å². The number of benzene rings is 3. The standard InChI is InChI=1S/C25H25NO5/c1-29-24(25(27)28)16-18-10-12-20(13-11-18)30-15-14-26-21-7-3-2-6-19(21)17-31-23-9-5-4-8-22(23)26/h2-13,24H,14-17H2,1H3,(H,27,28). The minimum absolute atomic E-state index is 0.313. The smallest absolute Gasteiger partial charge is 0.333 e. The number of hydrogen-bond acceptors (Lipinski definition) is 5. The molecule has 6 nitrogen and oxygen atoms in total. The van der Waals surface area contributed by atoms with Gasteiger partial charge in [-0.1, -0.05) is 42.5 Å². The average molecular weight is 419 g/mol. The summed E-state index contributed by atoms with van der Waals surface area (Å²) in [5.41, 5.74) is 4.15. The number of rotatable bonds is 8. The molecule has 0 fully saturated rings. The molecule has 0 saturated heterocycles. The minimum Gasteiger partial charge on any atom is -0.492 e. The Bertz CT molecular complexity index is 987. The molecule has 1 heterocycles. The molecule has 0 aliphatic carbocycles. The second kappa shape index (κ2) is 9.53. The quantitative estimate of drug-likeness (QED) is 0.582. The predicted molar refractivity (Wildman–Crippen MR) is 118 cm³/mol. The monoisotopic (exact) mass is 419 g/mol. The molecule has 1 aliphatic rings. The van der Waals surface area contributed by atoms with Crippen molar-refractivity contribution in [2.75, 3.05) is 25.2 Å². The number of anilines is 2. The van der Waals surface area contributed by atoms with E-state index in [1.165, 1.54) is 7.11 Å². The molecule has 0 bridgehead atoms. The Kier molecular flexibility index (Phi) is 6.38. The van der Waals surface area contributed by atoms with Crippen LogP contribution >= 0.6 is 0 Å². The summed E-state index contributed by atoms with van der Waals surface area (Å²) in [6.45, 7) is 1.67. The normalized spacial score (nSPS) is 13.4. The molecule has 4 rings (SSSR count). The van der Waals surface area contributed by atoms with Crippen molar-refractivity contribution in [1.29, 1.82) is 0 Å². The van der Waals surface area contributed by atoms with Crippen molar-refractivity contribution in [2.24, 2.45) is 0 Å². The number of nitrogens with zero attached hydrogens (tertiary/aromatic N) is 1. The lowest BCUT2D eigenvalue weighted by Crippen LogP contribution is -2.25. The van der Waals surface area contributed by atoms with E-state index in [0.717, 1.165) is 34.0 Å². The van der Waals surface area contributed by atoms with Crippen LogP contribution in [0.3, 0.4) is 0 Å². The highest BCUT2D eigenvalue weighted by molar-refractivity contribution is 5.73. The Labute approximate surface area is 181 Å². The highest BCUT2D eigenvalue weighted by atomic mass is 16.5. The Morgan fingerprint density at radius 1 is 1.03 bits per heavy atom. The number of fused-ring (bicyclic) bond motifs is 2. The fourth-order valence-corrected chi connectivity index (χ4v) is 3.69. The summed E-state index contributed by atoms with van der Waals surface area (Å²) in [6, 6.07) is 23.7. The zero-order valence-corrected chi connectivity index (χ0v) is 17.4. The highest BCUT2D eigenvalue weighted by Gasteiger charge is 2.21. The van der Waals surface area contributed by atoms with Crippen LogP contribution in [0.1, 0.15) is 11.1 Å². The third kappa shape index (κ3) is 4.81. The first-order chi connectivity index (χ1) is 15.2.